The summed E-state index contributed by atoms with van der Waals surface area (Å²) in [5, 5.41) is 0. The first kappa shape index (κ1) is 14.6. The van der Waals surface area contributed by atoms with Gasteiger partial charge in [-0.2, -0.15) is 0 Å². The van der Waals surface area contributed by atoms with E-state index in [1.54, 1.807) is 7.11 Å². The van der Waals surface area contributed by atoms with E-state index >= 15 is 0 Å². The fourth-order valence-electron chi connectivity index (χ4n) is 1.40. The fraction of sp³-hybridized carbons (Fsp3) is 0.909. The van der Waals surface area contributed by atoms with Crippen LogP contribution >= 0.6 is 0 Å². The summed E-state index contributed by atoms with van der Waals surface area (Å²) in [4.78, 5) is 11.6. The average molecular weight is 232 g/mol. The maximum atomic E-state index is 11.6. The summed E-state index contributed by atoms with van der Waals surface area (Å²) in [7, 11) is 0.489. The van der Waals surface area contributed by atoms with E-state index in [4.69, 9.17) is 8.85 Å². The SMILES string of the molecule is CCCCCCC(C)(C)C(=O)O[SiH2]OC. The highest BCUT2D eigenvalue weighted by Crippen LogP contribution is 2.25. The number of rotatable bonds is 8. The number of hydrogen-bond acceptors (Lipinski definition) is 3. The molecular weight excluding hydrogens is 208 g/mol. The Morgan fingerprint density at radius 1 is 1.27 bits per heavy atom. The van der Waals surface area contributed by atoms with Crippen LogP contribution in [-0.2, 0) is 13.6 Å². The lowest BCUT2D eigenvalue weighted by Gasteiger charge is -2.22. The van der Waals surface area contributed by atoms with Gasteiger partial charge in [0.1, 0.15) is 0 Å². The average Bonchev–Trinajstić information content (AvgIpc) is 2.21. The van der Waals surface area contributed by atoms with Gasteiger partial charge in [-0.1, -0.05) is 32.6 Å². The summed E-state index contributed by atoms with van der Waals surface area (Å²) < 4.78 is 9.94. The van der Waals surface area contributed by atoms with Crippen LogP contribution in [0.2, 0.25) is 0 Å². The van der Waals surface area contributed by atoms with Crippen LogP contribution in [0, 0.1) is 5.41 Å². The lowest BCUT2D eigenvalue weighted by Crippen LogP contribution is -2.28. The highest BCUT2D eigenvalue weighted by atomic mass is 28.3. The van der Waals surface area contributed by atoms with Gasteiger partial charge in [-0.3, -0.25) is 4.79 Å². The molecule has 0 aliphatic rings. The van der Waals surface area contributed by atoms with Gasteiger partial charge < -0.3 is 8.85 Å². The normalized spacial score (nSPS) is 12.3. The molecule has 0 rings (SSSR count). The molecule has 4 heteroatoms. The molecule has 0 spiro atoms. The second-order valence-corrected chi connectivity index (χ2v) is 5.63. The number of unbranched alkanes of at least 4 members (excludes halogenated alkanes) is 3. The van der Waals surface area contributed by atoms with Gasteiger partial charge in [0.25, 0.3) is 5.97 Å². The third kappa shape index (κ3) is 6.68. The Balaban J connectivity index is 3.78. The van der Waals surface area contributed by atoms with Crippen molar-refractivity contribution in [2.45, 2.75) is 52.9 Å². The van der Waals surface area contributed by atoms with Gasteiger partial charge in [0.05, 0.1) is 5.41 Å². The Morgan fingerprint density at radius 2 is 1.93 bits per heavy atom. The molecule has 0 fully saturated rings. The molecule has 0 aromatic carbocycles. The molecule has 0 saturated carbocycles. The van der Waals surface area contributed by atoms with Gasteiger partial charge in [0.2, 0.25) is 0 Å². The van der Waals surface area contributed by atoms with Crippen molar-refractivity contribution in [2.24, 2.45) is 5.41 Å². The first-order valence-corrected chi connectivity index (χ1v) is 6.86. The van der Waals surface area contributed by atoms with E-state index < -0.39 is 10.0 Å². The molecule has 15 heavy (non-hydrogen) atoms. The predicted molar refractivity (Wildman–Crippen MR) is 64.2 cm³/mol. The molecule has 0 unspecified atom stereocenters. The lowest BCUT2D eigenvalue weighted by atomic mass is 9.87. The second kappa shape index (κ2) is 7.88. The fourth-order valence-corrected chi connectivity index (χ4v) is 2.02. The Hall–Kier alpha value is -0.353. The minimum Gasteiger partial charge on any atom is -0.499 e. The first-order valence-electron chi connectivity index (χ1n) is 5.70. The zero-order valence-corrected chi connectivity index (χ0v) is 11.9. The number of carbonyl (C=O) groups is 1. The third-order valence-corrected chi connectivity index (χ3v) is 3.13. The smallest absolute Gasteiger partial charge is 0.368 e. The first-order chi connectivity index (χ1) is 7.04. The minimum absolute atomic E-state index is 0.104. The molecular formula is C11H24O3Si. The van der Waals surface area contributed by atoms with Gasteiger partial charge in [-0.25, -0.2) is 0 Å². The van der Waals surface area contributed by atoms with E-state index in [1.165, 1.54) is 19.3 Å². The molecule has 0 bridgehead atoms. The highest BCUT2D eigenvalue weighted by Gasteiger charge is 2.28. The summed E-state index contributed by atoms with van der Waals surface area (Å²) in [5.41, 5.74) is -0.348. The van der Waals surface area contributed by atoms with Crippen molar-refractivity contribution in [3.05, 3.63) is 0 Å². The van der Waals surface area contributed by atoms with Crippen molar-refractivity contribution in [3.63, 3.8) is 0 Å². The maximum absolute atomic E-state index is 11.6. The van der Waals surface area contributed by atoms with Crippen molar-refractivity contribution in [1.82, 2.24) is 0 Å². The molecule has 0 amide bonds. The Kier molecular flexibility index (Phi) is 7.69. The molecule has 0 atom stereocenters. The molecule has 0 saturated heterocycles. The zero-order chi connectivity index (χ0) is 11.7. The molecule has 0 aromatic rings. The molecule has 3 nitrogen and oxygen atoms in total. The Bertz CT molecular complexity index is 181. The van der Waals surface area contributed by atoms with Gasteiger partial charge in [0.15, 0.2) is 0 Å². The second-order valence-electron chi connectivity index (χ2n) is 4.53. The standard InChI is InChI=1S/C11H24O3Si/c1-5-6-7-8-9-11(2,3)10(12)14-15-13-4/h5-9,15H2,1-4H3. The van der Waals surface area contributed by atoms with E-state index in [0.29, 0.717) is 0 Å². The predicted octanol–water partition coefficient (Wildman–Crippen LogP) is 2.17. The highest BCUT2D eigenvalue weighted by molar-refractivity contribution is 6.22. The molecule has 0 radical (unpaired) electrons. The summed E-state index contributed by atoms with van der Waals surface area (Å²) in [5.74, 6) is -0.104. The van der Waals surface area contributed by atoms with E-state index in [0.717, 1.165) is 12.8 Å². The van der Waals surface area contributed by atoms with E-state index in [-0.39, 0.29) is 11.4 Å². The quantitative estimate of drug-likeness (QED) is 0.475. The van der Waals surface area contributed by atoms with Crippen LogP contribution in [-0.4, -0.2) is 23.1 Å². The zero-order valence-electron chi connectivity index (χ0n) is 10.5. The van der Waals surface area contributed by atoms with Crippen LogP contribution in [0.1, 0.15) is 52.9 Å². The molecule has 0 N–H and O–H groups in total. The maximum Gasteiger partial charge on any atom is 0.368 e. The number of hydrogen-bond donors (Lipinski definition) is 0. The molecule has 0 aliphatic carbocycles. The summed E-state index contributed by atoms with van der Waals surface area (Å²) in [6.07, 6.45) is 5.68. The van der Waals surface area contributed by atoms with Gasteiger partial charge in [0, 0.05) is 7.11 Å². The van der Waals surface area contributed by atoms with Crippen molar-refractivity contribution in [2.75, 3.05) is 7.11 Å². The van der Waals surface area contributed by atoms with Crippen LogP contribution in [0.25, 0.3) is 0 Å². The summed E-state index contributed by atoms with van der Waals surface area (Å²) in [6.45, 7) is 6.08. The van der Waals surface area contributed by atoms with Crippen molar-refractivity contribution in [3.8, 4) is 0 Å². The molecule has 0 aromatic heterocycles. The van der Waals surface area contributed by atoms with Gasteiger partial charge >= 0.3 is 10.0 Å². The van der Waals surface area contributed by atoms with Crippen LogP contribution < -0.4 is 0 Å². The minimum atomic E-state index is -1.09. The van der Waals surface area contributed by atoms with Crippen LogP contribution in [0.3, 0.4) is 0 Å². The topological polar surface area (TPSA) is 35.5 Å². The monoisotopic (exact) mass is 232 g/mol. The summed E-state index contributed by atoms with van der Waals surface area (Å²) >= 11 is 0. The number of carbonyl (C=O) groups excluding carboxylic acids is 1. The van der Waals surface area contributed by atoms with Crippen LogP contribution in [0.4, 0.5) is 0 Å². The van der Waals surface area contributed by atoms with Gasteiger partial charge in [-0.15, -0.1) is 0 Å². The van der Waals surface area contributed by atoms with E-state index in [2.05, 4.69) is 6.92 Å². The van der Waals surface area contributed by atoms with Crippen LogP contribution in [0.5, 0.6) is 0 Å². The van der Waals surface area contributed by atoms with Gasteiger partial charge in [-0.05, 0) is 20.3 Å². The van der Waals surface area contributed by atoms with Crippen molar-refractivity contribution in [1.29, 1.82) is 0 Å². The Labute approximate surface area is 95.6 Å². The molecule has 0 aliphatic heterocycles. The third-order valence-electron chi connectivity index (χ3n) is 2.52. The largest absolute Gasteiger partial charge is 0.499 e. The van der Waals surface area contributed by atoms with E-state index in [9.17, 15) is 4.79 Å². The molecule has 90 valence electrons. The van der Waals surface area contributed by atoms with Crippen LogP contribution in [0.15, 0.2) is 0 Å². The summed E-state index contributed by atoms with van der Waals surface area (Å²) in [6, 6.07) is 0. The van der Waals surface area contributed by atoms with Crippen molar-refractivity contribution >= 4 is 16.0 Å². The van der Waals surface area contributed by atoms with E-state index in [1.807, 2.05) is 13.8 Å². The Morgan fingerprint density at radius 3 is 2.47 bits per heavy atom. The molecule has 0 heterocycles. The van der Waals surface area contributed by atoms with Crippen molar-refractivity contribution < 1.29 is 13.6 Å². The lowest BCUT2D eigenvalue weighted by molar-refractivity contribution is -0.145.